The van der Waals surface area contributed by atoms with E-state index in [-0.39, 0.29) is 5.57 Å². The first-order valence-electron chi connectivity index (χ1n) is 7.89. The number of ether oxygens (including phenoxy) is 1. The number of benzene rings is 2. The maximum Gasteiger partial charge on any atom is 0.268 e. The van der Waals surface area contributed by atoms with Gasteiger partial charge in [0.05, 0.1) is 12.8 Å². The van der Waals surface area contributed by atoms with Crippen LogP contribution in [0.15, 0.2) is 59.5 Å². The van der Waals surface area contributed by atoms with E-state index in [1.807, 2.05) is 30.3 Å². The first kappa shape index (κ1) is 18.6. The molecule has 0 bridgehead atoms. The highest BCUT2D eigenvalue weighted by Crippen LogP contribution is 2.30. The van der Waals surface area contributed by atoms with Crippen molar-refractivity contribution in [1.29, 1.82) is 5.26 Å². The first-order valence-corrected chi connectivity index (χ1v) is 9.14. The highest BCUT2D eigenvalue weighted by Gasteiger charge is 2.14. The number of nitrogens with zero attached hydrogens (tertiary/aromatic N) is 2. The number of para-hydroxylation sites is 1. The van der Waals surface area contributed by atoms with Crippen molar-refractivity contribution < 1.29 is 9.53 Å². The van der Waals surface area contributed by atoms with Gasteiger partial charge in [-0.05, 0) is 18.2 Å². The number of methoxy groups -OCH3 is 1. The van der Waals surface area contributed by atoms with Crippen molar-refractivity contribution in [2.24, 2.45) is 0 Å². The normalized spacial score (nSPS) is 10.9. The Balaban J connectivity index is 1.81. The number of rotatable bonds is 5. The molecule has 2 aromatic carbocycles. The number of carbonyl (C=O) groups is 1. The van der Waals surface area contributed by atoms with Gasteiger partial charge >= 0.3 is 0 Å². The van der Waals surface area contributed by atoms with Crippen molar-refractivity contribution in [2.75, 3.05) is 12.4 Å². The predicted octanol–water partition coefficient (Wildman–Crippen LogP) is 5.02. The van der Waals surface area contributed by atoms with Gasteiger partial charge in [-0.1, -0.05) is 48.0 Å². The topological polar surface area (TPSA) is 75.0 Å². The van der Waals surface area contributed by atoms with Crippen LogP contribution in [0.3, 0.4) is 0 Å². The Bertz CT molecular complexity index is 1050. The lowest BCUT2D eigenvalue weighted by Gasteiger charge is -2.05. The SMILES string of the molecule is COc1ccccc1/C=C(\C#N)C(=O)Nc1nc(-c2ccccc2Cl)cs1. The Hall–Kier alpha value is -3.14. The average Bonchev–Trinajstić information content (AvgIpc) is 3.14. The maximum absolute atomic E-state index is 12.5. The zero-order valence-corrected chi connectivity index (χ0v) is 15.8. The van der Waals surface area contributed by atoms with E-state index < -0.39 is 5.91 Å². The largest absolute Gasteiger partial charge is 0.496 e. The Morgan fingerprint density at radius 3 is 2.74 bits per heavy atom. The lowest BCUT2D eigenvalue weighted by molar-refractivity contribution is -0.112. The summed E-state index contributed by atoms with van der Waals surface area (Å²) in [6.45, 7) is 0. The number of hydrogen-bond donors (Lipinski definition) is 1. The molecule has 0 spiro atoms. The molecule has 0 aliphatic carbocycles. The number of carbonyl (C=O) groups excluding carboxylic acids is 1. The minimum atomic E-state index is -0.538. The lowest BCUT2D eigenvalue weighted by Crippen LogP contribution is -2.13. The van der Waals surface area contributed by atoms with Gasteiger partial charge in [-0.25, -0.2) is 4.98 Å². The van der Waals surface area contributed by atoms with Gasteiger partial charge in [0.1, 0.15) is 17.4 Å². The summed E-state index contributed by atoms with van der Waals surface area (Å²) in [6.07, 6.45) is 1.48. The predicted molar refractivity (Wildman–Crippen MR) is 108 cm³/mol. The van der Waals surface area contributed by atoms with Crippen LogP contribution < -0.4 is 10.1 Å². The van der Waals surface area contributed by atoms with E-state index in [2.05, 4.69) is 10.3 Å². The number of aromatic nitrogens is 1. The van der Waals surface area contributed by atoms with Crippen LogP contribution in [0.1, 0.15) is 5.56 Å². The van der Waals surface area contributed by atoms with Crippen molar-refractivity contribution >= 4 is 40.1 Å². The Kier molecular flexibility index (Phi) is 5.87. The standard InChI is InChI=1S/C20H14ClN3O2S/c1-26-18-9-5-2-6-13(18)10-14(11-22)19(25)24-20-23-17(12-27-20)15-7-3-4-8-16(15)21/h2-10,12H,1H3,(H,23,24,25)/b14-10+. The molecule has 5 nitrogen and oxygen atoms in total. The average molecular weight is 396 g/mol. The van der Waals surface area contributed by atoms with E-state index in [1.54, 1.807) is 29.6 Å². The summed E-state index contributed by atoms with van der Waals surface area (Å²) in [5.74, 6) is 0.0387. The van der Waals surface area contributed by atoms with Gasteiger partial charge in [-0.3, -0.25) is 10.1 Å². The molecule has 0 atom stereocenters. The maximum atomic E-state index is 12.5. The number of halogens is 1. The van der Waals surface area contributed by atoms with Crippen LogP contribution in [-0.2, 0) is 4.79 Å². The Labute approximate surface area is 165 Å². The molecular weight excluding hydrogens is 382 g/mol. The van der Waals surface area contributed by atoms with Crippen molar-refractivity contribution in [2.45, 2.75) is 0 Å². The number of anilines is 1. The molecule has 0 radical (unpaired) electrons. The highest BCUT2D eigenvalue weighted by molar-refractivity contribution is 7.14. The summed E-state index contributed by atoms with van der Waals surface area (Å²) in [6, 6.07) is 16.4. The van der Waals surface area contributed by atoms with Crippen molar-refractivity contribution in [3.05, 3.63) is 70.1 Å². The molecule has 0 fully saturated rings. The van der Waals surface area contributed by atoms with Gasteiger partial charge in [0.25, 0.3) is 5.91 Å². The third kappa shape index (κ3) is 4.34. The molecule has 0 saturated heterocycles. The molecule has 134 valence electrons. The van der Waals surface area contributed by atoms with Crippen LogP contribution in [0.2, 0.25) is 5.02 Å². The van der Waals surface area contributed by atoms with Crippen LogP contribution >= 0.6 is 22.9 Å². The Morgan fingerprint density at radius 2 is 2.00 bits per heavy atom. The summed E-state index contributed by atoms with van der Waals surface area (Å²) in [7, 11) is 1.53. The van der Waals surface area contributed by atoms with Crippen molar-refractivity contribution in [3.8, 4) is 23.1 Å². The molecule has 1 heterocycles. The van der Waals surface area contributed by atoms with E-state index in [0.717, 1.165) is 5.56 Å². The Morgan fingerprint density at radius 1 is 1.26 bits per heavy atom. The van der Waals surface area contributed by atoms with E-state index >= 15 is 0 Å². The fraction of sp³-hybridized carbons (Fsp3) is 0.0500. The van der Waals surface area contributed by atoms with Gasteiger partial charge in [0.2, 0.25) is 0 Å². The molecule has 0 unspecified atom stereocenters. The number of nitrogens with one attached hydrogen (secondary N) is 1. The summed E-state index contributed by atoms with van der Waals surface area (Å²) in [4.78, 5) is 16.8. The van der Waals surface area contributed by atoms with Crippen LogP contribution in [0.4, 0.5) is 5.13 Å². The van der Waals surface area contributed by atoms with E-state index in [9.17, 15) is 10.1 Å². The number of nitriles is 1. The van der Waals surface area contributed by atoms with E-state index in [4.69, 9.17) is 16.3 Å². The van der Waals surface area contributed by atoms with Gasteiger partial charge in [0.15, 0.2) is 5.13 Å². The monoisotopic (exact) mass is 395 g/mol. The van der Waals surface area contributed by atoms with Gasteiger partial charge in [-0.15, -0.1) is 11.3 Å². The number of hydrogen-bond acceptors (Lipinski definition) is 5. The van der Waals surface area contributed by atoms with Crippen LogP contribution in [-0.4, -0.2) is 18.0 Å². The third-order valence-corrected chi connectivity index (χ3v) is 4.77. The van der Waals surface area contributed by atoms with E-state index in [0.29, 0.717) is 27.2 Å². The quantitative estimate of drug-likeness (QED) is 0.486. The van der Waals surface area contributed by atoms with Crippen molar-refractivity contribution in [1.82, 2.24) is 4.98 Å². The van der Waals surface area contributed by atoms with Crippen LogP contribution in [0.5, 0.6) is 5.75 Å². The molecular formula is C20H14ClN3O2S. The molecule has 3 rings (SSSR count). The minimum Gasteiger partial charge on any atom is -0.496 e. The van der Waals surface area contributed by atoms with Gasteiger partial charge < -0.3 is 4.74 Å². The van der Waals surface area contributed by atoms with Gasteiger partial charge in [-0.2, -0.15) is 5.26 Å². The zero-order valence-electron chi connectivity index (χ0n) is 14.3. The fourth-order valence-electron chi connectivity index (χ4n) is 2.38. The molecule has 1 amide bonds. The van der Waals surface area contributed by atoms with Crippen LogP contribution in [0, 0.1) is 11.3 Å². The molecule has 0 saturated carbocycles. The number of thiazole rings is 1. The fourth-order valence-corrected chi connectivity index (χ4v) is 3.32. The summed E-state index contributed by atoms with van der Waals surface area (Å²) >= 11 is 7.44. The van der Waals surface area contributed by atoms with Crippen molar-refractivity contribution in [3.63, 3.8) is 0 Å². The second-order valence-electron chi connectivity index (χ2n) is 5.38. The summed E-state index contributed by atoms with van der Waals surface area (Å²) in [5, 5.41) is 14.8. The molecule has 1 N–H and O–H groups in total. The van der Waals surface area contributed by atoms with Crippen LogP contribution in [0.25, 0.3) is 17.3 Å². The summed E-state index contributed by atoms with van der Waals surface area (Å²) in [5.41, 5.74) is 2.03. The molecule has 1 aromatic heterocycles. The smallest absolute Gasteiger partial charge is 0.268 e. The van der Waals surface area contributed by atoms with Gasteiger partial charge in [0, 0.05) is 21.5 Å². The second kappa shape index (κ2) is 8.49. The number of amides is 1. The molecule has 0 aliphatic rings. The molecule has 3 aromatic rings. The second-order valence-corrected chi connectivity index (χ2v) is 6.65. The highest BCUT2D eigenvalue weighted by atomic mass is 35.5. The summed E-state index contributed by atoms with van der Waals surface area (Å²) < 4.78 is 5.24. The zero-order chi connectivity index (χ0) is 19.2. The molecule has 7 heteroatoms. The van der Waals surface area contributed by atoms with E-state index in [1.165, 1.54) is 24.5 Å². The molecule has 0 aliphatic heterocycles. The third-order valence-electron chi connectivity index (χ3n) is 3.68. The molecule has 27 heavy (non-hydrogen) atoms. The minimum absolute atomic E-state index is 0.0472. The lowest BCUT2D eigenvalue weighted by atomic mass is 10.1. The first-order chi connectivity index (χ1) is 13.1.